The molecule has 0 atom stereocenters. The normalized spacial score (nSPS) is 18.2. The van der Waals surface area contributed by atoms with Crippen molar-refractivity contribution in [3.8, 4) is 5.75 Å². The van der Waals surface area contributed by atoms with Crippen molar-refractivity contribution in [3.63, 3.8) is 0 Å². The zero-order valence-electron chi connectivity index (χ0n) is 11.2. The quantitative estimate of drug-likeness (QED) is 0.853. The van der Waals surface area contributed by atoms with Crippen LogP contribution >= 0.6 is 0 Å². The fourth-order valence-corrected chi connectivity index (χ4v) is 2.29. The predicted octanol–water partition coefficient (Wildman–Crippen LogP) is 2.59. The summed E-state index contributed by atoms with van der Waals surface area (Å²) in [5.41, 5.74) is 0.986. The summed E-state index contributed by atoms with van der Waals surface area (Å²) in [6, 6.07) is 1.88. The average molecular weight is 290 g/mol. The Labute approximate surface area is 115 Å². The van der Waals surface area contributed by atoms with Gasteiger partial charge in [0.15, 0.2) is 0 Å². The van der Waals surface area contributed by atoms with Crippen LogP contribution in [0.4, 0.5) is 13.2 Å². The van der Waals surface area contributed by atoms with E-state index in [4.69, 9.17) is 4.74 Å². The number of nitrogens with zero attached hydrogens (tertiary/aromatic N) is 2. The lowest BCUT2D eigenvalue weighted by Crippen LogP contribution is -2.38. The minimum absolute atomic E-state index is 0.386. The molecule has 2 rings (SSSR count). The molecule has 1 aliphatic heterocycles. The second-order valence-electron chi connectivity index (χ2n) is 4.77. The fraction of sp³-hybridized carbons (Fsp3) is 0.615. The lowest BCUT2D eigenvalue weighted by atomic mass is 10.1. The van der Waals surface area contributed by atoms with E-state index in [9.17, 15) is 13.2 Å². The van der Waals surface area contributed by atoms with E-state index < -0.39 is 12.5 Å². The van der Waals surface area contributed by atoms with E-state index in [0.29, 0.717) is 38.2 Å². The van der Waals surface area contributed by atoms with Crippen LogP contribution in [0.1, 0.15) is 18.4 Å². The van der Waals surface area contributed by atoms with Crippen LogP contribution in [0.25, 0.3) is 0 Å². The second-order valence-corrected chi connectivity index (χ2v) is 4.77. The summed E-state index contributed by atoms with van der Waals surface area (Å²) in [5, 5.41) is 0. The van der Waals surface area contributed by atoms with Gasteiger partial charge in [-0.1, -0.05) is 0 Å². The van der Waals surface area contributed by atoms with Gasteiger partial charge < -0.3 is 4.74 Å². The van der Waals surface area contributed by atoms with Gasteiger partial charge in [0.2, 0.25) is 0 Å². The number of alkyl halides is 3. The molecule has 0 radical (unpaired) electrons. The predicted molar refractivity (Wildman–Crippen MR) is 66.2 cm³/mol. The van der Waals surface area contributed by atoms with Gasteiger partial charge in [-0.3, -0.25) is 14.6 Å². The first-order valence-corrected chi connectivity index (χ1v) is 6.41. The molecule has 1 saturated heterocycles. The summed E-state index contributed by atoms with van der Waals surface area (Å²) < 4.78 is 45.5. The minimum atomic E-state index is -4.54. The third-order valence-electron chi connectivity index (χ3n) is 3.25. The number of pyridine rings is 1. The van der Waals surface area contributed by atoms with E-state index in [0.717, 1.165) is 5.56 Å². The van der Waals surface area contributed by atoms with Gasteiger partial charge >= 0.3 is 6.36 Å². The van der Waals surface area contributed by atoms with Gasteiger partial charge in [-0.25, -0.2) is 0 Å². The smallest absolute Gasteiger partial charge is 0.495 e. The Morgan fingerprint density at radius 2 is 2.00 bits per heavy atom. The maximum atomic E-state index is 12.1. The maximum Gasteiger partial charge on any atom is 0.522 e. The molecule has 2 heterocycles. The summed E-state index contributed by atoms with van der Waals surface area (Å²) in [5.74, 6) is 0.679. The monoisotopic (exact) mass is 290 g/mol. The molecule has 1 aromatic heterocycles. The van der Waals surface area contributed by atoms with Gasteiger partial charge in [-0.05, 0) is 24.5 Å². The van der Waals surface area contributed by atoms with Crippen molar-refractivity contribution in [1.82, 2.24) is 9.88 Å². The lowest BCUT2D eigenvalue weighted by molar-refractivity contribution is -0.345. The molecule has 1 fully saturated rings. The zero-order valence-corrected chi connectivity index (χ0v) is 11.2. The molecular formula is C13H17F3N2O2. The molecule has 0 aromatic carbocycles. The molecule has 1 aromatic rings. The van der Waals surface area contributed by atoms with Crippen LogP contribution in [0.2, 0.25) is 0 Å². The van der Waals surface area contributed by atoms with Crippen molar-refractivity contribution in [2.45, 2.75) is 31.9 Å². The van der Waals surface area contributed by atoms with Crippen molar-refractivity contribution in [3.05, 3.63) is 24.0 Å². The highest BCUT2D eigenvalue weighted by molar-refractivity contribution is 5.23. The average Bonchev–Trinajstić information content (AvgIpc) is 2.40. The van der Waals surface area contributed by atoms with Crippen LogP contribution < -0.4 is 4.74 Å². The highest BCUT2D eigenvalue weighted by atomic mass is 19.4. The van der Waals surface area contributed by atoms with Crippen LogP contribution in [0.3, 0.4) is 0 Å². The Bertz CT molecular complexity index is 432. The number of ether oxygens (including phenoxy) is 2. The largest absolute Gasteiger partial charge is 0.522 e. The molecule has 0 bridgehead atoms. The summed E-state index contributed by atoms with van der Waals surface area (Å²) in [6.45, 7) is 1.82. The van der Waals surface area contributed by atoms with Crippen LogP contribution in [0.15, 0.2) is 18.5 Å². The Kier molecular flexibility index (Phi) is 4.82. The van der Waals surface area contributed by atoms with E-state index in [1.165, 1.54) is 0 Å². The Morgan fingerprint density at radius 3 is 2.60 bits per heavy atom. The molecule has 7 heteroatoms. The van der Waals surface area contributed by atoms with Crippen LogP contribution in [-0.2, 0) is 11.3 Å². The topological polar surface area (TPSA) is 34.6 Å². The first kappa shape index (κ1) is 15.1. The van der Waals surface area contributed by atoms with E-state index in [1.54, 1.807) is 19.5 Å². The SMILES string of the molecule is COc1cncc(CN2CCC(OC(F)(F)F)CC2)c1. The van der Waals surface area contributed by atoms with Crippen molar-refractivity contribution < 1.29 is 22.6 Å². The van der Waals surface area contributed by atoms with Crippen molar-refractivity contribution in [1.29, 1.82) is 0 Å². The first-order chi connectivity index (χ1) is 9.46. The molecule has 0 saturated carbocycles. The summed E-state index contributed by atoms with van der Waals surface area (Å²) in [7, 11) is 1.57. The molecule has 0 amide bonds. The molecule has 4 nitrogen and oxygen atoms in total. The molecule has 0 spiro atoms. The number of methoxy groups -OCH3 is 1. The number of piperidine rings is 1. The van der Waals surface area contributed by atoms with Crippen LogP contribution in [0, 0.1) is 0 Å². The number of hydrogen-bond donors (Lipinski definition) is 0. The summed E-state index contributed by atoms with van der Waals surface area (Å²) in [6.07, 6.45) is -1.14. The number of rotatable bonds is 4. The second kappa shape index (κ2) is 6.41. The van der Waals surface area contributed by atoms with Crippen molar-refractivity contribution in [2.24, 2.45) is 0 Å². The third kappa shape index (κ3) is 4.64. The summed E-state index contributed by atoms with van der Waals surface area (Å²) >= 11 is 0. The molecule has 112 valence electrons. The number of halogens is 3. The number of hydrogen-bond acceptors (Lipinski definition) is 4. The van der Waals surface area contributed by atoms with Gasteiger partial charge in [0.25, 0.3) is 0 Å². The molecule has 0 aliphatic carbocycles. The number of likely N-dealkylation sites (tertiary alicyclic amines) is 1. The van der Waals surface area contributed by atoms with Gasteiger partial charge in [-0.15, -0.1) is 13.2 Å². The molecule has 0 N–H and O–H groups in total. The maximum absolute atomic E-state index is 12.1. The van der Waals surface area contributed by atoms with E-state index in [1.807, 2.05) is 6.07 Å². The summed E-state index contributed by atoms with van der Waals surface area (Å²) in [4.78, 5) is 6.15. The van der Waals surface area contributed by atoms with Gasteiger partial charge in [0.1, 0.15) is 5.75 Å². The van der Waals surface area contributed by atoms with Crippen molar-refractivity contribution in [2.75, 3.05) is 20.2 Å². The van der Waals surface area contributed by atoms with Crippen LogP contribution in [0.5, 0.6) is 5.75 Å². The molecule has 20 heavy (non-hydrogen) atoms. The van der Waals surface area contributed by atoms with Gasteiger partial charge in [0, 0.05) is 25.8 Å². The Balaban J connectivity index is 1.82. The van der Waals surface area contributed by atoms with Gasteiger partial charge in [-0.2, -0.15) is 0 Å². The highest BCUT2D eigenvalue weighted by Crippen LogP contribution is 2.25. The van der Waals surface area contributed by atoms with E-state index in [2.05, 4.69) is 14.6 Å². The molecule has 1 aliphatic rings. The highest BCUT2D eigenvalue weighted by Gasteiger charge is 2.34. The van der Waals surface area contributed by atoms with E-state index >= 15 is 0 Å². The minimum Gasteiger partial charge on any atom is -0.495 e. The zero-order chi connectivity index (χ0) is 14.6. The van der Waals surface area contributed by atoms with Crippen LogP contribution in [-0.4, -0.2) is 42.5 Å². The first-order valence-electron chi connectivity index (χ1n) is 6.41. The van der Waals surface area contributed by atoms with E-state index in [-0.39, 0.29) is 0 Å². The standard InChI is InChI=1S/C13H17F3N2O2/c1-19-12-6-10(7-17-8-12)9-18-4-2-11(3-5-18)20-13(14,15)16/h6-8,11H,2-5,9H2,1H3. The number of aromatic nitrogens is 1. The molecule has 0 unspecified atom stereocenters. The lowest BCUT2D eigenvalue weighted by Gasteiger charge is -2.32. The Morgan fingerprint density at radius 1 is 1.30 bits per heavy atom. The Hall–Kier alpha value is -1.34. The molecular weight excluding hydrogens is 273 g/mol. The fourth-order valence-electron chi connectivity index (χ4n) is 2.29. The van der Waals surface area contributed by atoms with Gasteiger partial charge in [0.05, 0.1) is 19.4 Å². The third-order valence-corrected chi connectivity index (χ3v) is 3.25. The van der Waals surface area contributed by atoms with Crippen molar-refractivity contribution >= 4 is 0 Å².